The number of hydrogen-bond acceptors (Lipinski definition) is 5. The van der Waals surface area contributed by atoms with Crippen LogP contribution in [0.25, 0.3) is 10.6 Å². The van der Waals surface area contributed by atoms with E-state index in [1.165, 1.54) is 21.8 Å². The molecule has 2 heterocycles. The molecular formula is C21H23N3O3S. The fourth-order valence-corrected chi connectivity index (χ4v) is 4.82. The van der Waals surface area contributed by atoms with Crippen molar-refractivity contribution in [3.05, 3.63) is 40.9 Å². The van der Waals surface area contributed by atoms with Crippen LogP contribution < -0.4 is 0 Å². The number of benzene rings is 1. The summed E-state index contributed by atoms with van der Waals surface area (Å²) < 4.78 is 0. The maximum Gasteiger partial charge on any atom is 0.334 e. The average Bonchev–Trinajstić information content (AvgIpc) is 3.23. The van der Waals surface area contributed by atoms with Gasteiger partial charge in [-0.1, -0.05) is 49.6 Å². The Morgan fingerprint density at radius 1 is 1.07 bits per heavy atom. The molecule has 1 aromatic carbocycles. The molecule has 7 heteroatoms. The van der Waals surface area contributed by atoms with E-state index >= 15 is 0 Å². The molecule has 2 atom stereocenters. The Labute approximate surface area is 168 Å². The van der Waals surface area contributed by atoms with Crippen LogP contribution >= 0.6 is 11.3 Å². The van der Waals surface area contributed by atoms with Gasteiger partial charge in [0.2, 0.25) is 0 Å². The zero-order valence-corrected chi connectivity index (χ0v) is 16.9. The summed E-state index contributed by atoms with van der Waals surface area (Å²) >= 11 is 1.47. The van der Waals surface area contributed by atoms with Crippen LogP contribution in [-0.4, -0.2) is 38.7 Å². The molecule has 0 unspecified atom stereocenters. The predicted molar refractivity (Wildman–Crippen MR) is 106 cm³/mol. The molecule has 2 aliphatic rings. The summed E-state index contributed by atoms with van der Waals surface area (Å²) in [5.41, 5.74) is 2.78. The Bertz CT molecular complexity index is 921. The Morgan fingerprint density at radius 2 is 1.79 bits per heavy atom. The molecule has 28 heavy (non-hydrogen) atoms. The van der Waals surface area contributed by atoms with E-state index in [-0.39, 0.29) is 18.5 Å². The number of aromatic nitrogens is 1. The topological polar surface area (TPSA) is 70.6 Å². The second-order valence-corrected chi connectivity index (χ2v) is 8.55. The van der Waals surface area contributed by atoms with E-state index in [9.17, 15) is 14.4 Å². The minimum Gasteiger partial charge on any atom is -0.263 e. The van der Waals surface area contributed by atoms with Crippen molar-refractivity contribution in [2.75, 3.05) is 0 Å². The van der Waals surface area contributed by atoms with Gasteiger partial charge in [0.25, 0.3) is 0 Å². The van der Waals surface area contributed by atoms with Gasteiger partial charge in [0.1, 0.15) is 5.01 Å². The molecule has 4 amide bonds. The molecule has 4 rings (SSSR count). The van der Waals surface area contributed by atoms with Crippen molar-refractivity contribution in [3.63, 3.8) is 0 Å². The molecule has 0 spiro atoms. The first-order valence-corrected chi connectivity index (χ1v) is 10.5. The number of nitrogens with zero attached hydrogens (tertiary/aromatic N) is 3. The highest BCUT2D eigenvalue weighted by Crippen LogP contribution is 2.32. The van der Waals surface area contributed by atoms with Crippen molar-refractivity contribution >= 4 is 29.2 Å². The van der Waals surface area contributed by atoms with Gasteiger partial charge in [0, 0.05) is 17.0 Å². The lowest BCUT2D eigenvalue weighted by molar-refractivity contribution is -0.144. The monoisotopic (exact) mass is 397 g/mol. The number of thiazole rings is 1. The van der Waals surface area contributed by atoms with E-state index in [0.717, 1.165) is 41.2 Å². The molecular weight excluding hydrogens is 374 g/mol. The molecule has 6 nitrogen and oxygen atoms in total. The minimum absolute atomic E-state index is 0.0311. The van der Waals surface area contributed by atoms with Crippen molar-refractivity contribution < 1.29 is 14.4 Å². The number of carbonyl (C=O) groups excluding carboxylic acids is 3. The lowest BCUT2D eigenvalue weighted by Gasteiger charge is -2.34. The van der Waals surface area contributed by atoms with E-state index < -0.39 is 17.8 Å². The lowest BCUT2D eigenvalue weighted by atomic mass is 9.85. The van der Waals surface area contributed by atoms with Crippen LogP contribution in [0, 0.1) is 12.8 Å². The van der Waals surface area contributed by atoms with E-state index in [4.69, 9.17) is 0 Å². The molecule has 2 fully saturated rings. The van der Waals surface area contributed by atoms with E-state index in [2.05, 4.69) is 4.98 Å². The van der Waals surface area contributed by atoms with Crippen molar-refractivity contribution in [1.29, 1.82) is 0 Å². The molecule has 1 aromatic heterocycles. The Morgan fingerprint density at radius 3 is 2.50 bits per heavy atom. The Balaban J connectivity index is 1.52. The van der Waals surface area contributed by atoms with Gasteiger partial charge in [-0.3, -0.25) is 14.5 Å². The number of aryl methyl sites for hydroxylation is 1. The maximum absolute atomic E-state index is 12.9. The number of hydrogen-bond donors (Lipinski definition) is 0. The number of imide groups is 2. The third kappa shape index (κ3) is 3.35. The van der Waals surface area contributed by atoms with Gasteiger partial charge in [-0.05, 0) is 25.7 Å². The highest BCUT2D eigenvalue weighted by Gasteiger charge is 2.49. The molecule has 2 aromatic rings. The minimum atomic E-state index is -0.743. The van der Waals surface area contributed by atoms with Gasteiger partial charge >= 0.3 is 17.8 Å². The summed E-state index contributed by atoms with van der Waals surface area (Å²) in [6, 6.07) is 7.36. The molecule has 1 saturated heterocycles. The molecule has 0 bridgehead atoms. The maximum atomic E-state index is 12.9. The van der Waals surface area contributed by atoms with Crippen LogP contribution in [0.2, 0.25) is 0 Å². The highest BCUT2D eigenvalue weighted by atomic mass is 32.1. The van der Waals surface area contributed by atoms with Crippen LogP contribution in [0.3, 0.4) is 0 Å². The van der Waals surface area contributed by atoms with Crippen molar-refractivity contribution in [2.45, 2.75) is 52.1 Å². The zero-order valence-electron chi connectivity index (χ0n) is 16.1. The summed E-state index contributed by atoms with van der Waals surface area (Å²) in [6.45, 7) is 4.10. The van der Waals surface area contributed by atoms with Crippen LogP contribution in [0.15, 0.2) is 29.6 Å². The highest BCUT2D eigenvalue weighted by molar-refractivity contribution is 7.13. The average molecular weight is 398 g/mol. The van der Waals surface area contributed by atoms with Gasteiger partial charge in [-0.2, -0.15) is 0 Å². The van der Waals surface area contributed by atoms with Gasteiger partial charge < -0.3 is 0 Å². The van der Waals surface area contributed by atoms with E-state index in [0.29, 0.717) is 5.69 Å². The Kier molecular flexibility index (Phi) is 5.02. The van der Waals surface area contributed by atoms with Crippen molar-refractivity contribution in [1.82, 2.24) is 14.8 Å². The fourth-order valence-electron chi connectivity index (χ4n) is 4.00. The van der Waals surface area contributed by atoms with E-state index in [1.54, 1.807) is 0 Å². The predicted octanol–water partition coefficient (Wildman–Crippen LogP) is 3.99. The second kappa shape index (κ2) is 7.47. The van der Waals surface area contributed by atoms with Crippen LogP contribution in [-0.2, 0) is 16.1 Å². The van der Waals surface area contributed by atoms with Crippen molar-refractivity contribution in [3.8, 4) is 10.6 Å². The zero-order chi connectivity index (χ0) is 19.8. The first-order valence-electron chi connectivity index (χ1n) is 9.66. The first-order chi connectivity index (χ1) is 13.5. The Hall–Kier alpha value is -2.54. The molecule has 1 aliphatic carbocycles. The molecule has 0 N–H and O–H groups in total. The van der Waals surface area contributed by atoms with Gasteiger partial charge in [-0.25, -0.2) is 14.7 Å². The van der Waals surface area contributed by atoms with Crippen molar-refractivity contribution in [2.24, 2.45) is 5.92 Å². The fraction of sp³-hybridized carbons (Fsp3) is 0.429. The smallest absolute Gasteiger partial charge is 0.263 e. The number of urea groups is 1. The third-order valence-corrected chi connectivity index (χ3v) is 6.59. The van der Waals surface area contributed by atoms with E-state index in [1.807, 2.05) is 43.5 Å². The van der Waals surface area contributed by atoms with Crippen LogP contribution in [0.5, 0.6) is 0 Å². The molecule has 1 saturated carbocycles. The summed E-state index contributed by atoms with van der Waals surface area (Å²) in [5.74, 6) is -1.22. The van der Waals surface area contributed by atoms with Crippen LogP contribution in [0.4, 0.5) is 4.79 Å². The summed E-state index contributed by atoms with van der Waals surface area (Å²) in [5, 5.41) is 2.67. The quantitative estimate of drug-likeness (QED) is 0.578. The standard InChI is InChI=1S/C21H23N3O3S/c1-13-7-9-15(10-8-13)18-22-16(12-28-18)11-23-19(25)20(26)24(21(23)27)17-6-4-3-5-14(17)2/h7-10,12,14,17H,3-6,11H2,1-2H3/t14-,17-/m1/s1. The second-order valence-electron chi connectivity index (χ2n) is 7.69. The largest absolute Gasteiger partial charge is 0.334 e. The number of rotatable bonds is 4. The number of amides is 4. The summed E-state index contributed by atoms with van der Waals surface area (Å²) in [6.07, 6.45) is 3.83. The van der Waals surface area contributed by atoms with Gasteiger partial charge in [0.05, 0.1) is 12.2 Å². The normalized spacial score (nSPS) is 23.0. The molecule has 0 radical (unpaired) electrons. The van der Waals surface area contributed by atoms with Gasteiger partial charge in [0.15, 0.2) is 0 Å². The molecule has 146 valence electrons. The lowest BCUT2D eigenvalue weighted by Crippen LogP contribution is -2.46. The first kappa shape index (κ1) is 18.8. The summed E-state index contributed by atoms with van der Waals surface area (Å²) in [7, 11) is 0. The molecule has 1 aliphatic heterocycles. The SMILES string of the molecule is Cc1ccc(-c2nc(CN3C(=O)C(=O)N([C@@H]4CCCC[C@H]4C)C3=O)cs2)cc1. The van der Waals surface area contributed by atoms with Gasteiger partial charge in [-0.15, -0.1) is 11.3 Å². The number of carbonyl (C=O) groups is 3. The third-order valence-electron chi connectivity index (χ3n) is 5.65. The summed E-state index contributed by atoms with van der Waals surface area (Å²) in [4.78, 5) is 44.7. The van der Waals surface area contributed by atoms with Crippen LogP contribution in [0.1, 0.15) is 43.9 Å².